The zero-order valence-corrected chi connectivity index (χ0v) is 7.67. The highest BCUT2D eigenvalue weighted by Gasteiger charge is 2.34. The molecule has 0 bridgehead atoms. The molecule has 2 rings (SSSR count). The van der Waals surface area contributed by atoms with Crippen molar-refractivity contribution >= 4 is 6.29 Å². The zero-order valence-electron chi connectivity index (χ0n) is 7.67. The van der Waals surface area contributed by atoms with Gasteiger partial charge in [-0.05, 0) is 24.7 Å². The molecule has 2 aliphatic rings. The van der Waals surface area contributed by atoms with Crippen LogP contribution >= 0.6 is 0 Å². The van der Waals surface area contributed by atoms with E-state index in [0.717, 1.165) is 18.1 Å². The van der Waals surface area contributed by atoms with Gasteiger partial charge in [-0.2, -0.15) is 0 Å². The van der Waals surface area contributed by atoms with E-state index in [4.69, 9.17) is 0 Å². The average Bonchev–Trinajstić information content (AvgIpc) is 2.04. The van der Waals surface area contributed by atoms with Gasteiger partial charge in [0.2, 0.25) is 0 Å². The topological polar surface area (TPSA) is 17.1 Å². The highest BCUT2D eigenvalue weighted by Crippen LogP contribution is 2.43. The Balaban J connectivity index is 1.75. The van der Waals surface area contributed by atoms with Crippen LogP contribution < -0.4 is 0 Å². The lowest BCUT2D eigenvalue weighted by Crippen LogP contribution is -2.32. The van der Waals surface area contributed by atoms with Crippen molar-refractivity contribution in [3.05, 3.63) is 0 Å². The van der Waals surface area contributed by atoms with Crippen LogP contribution in [0, 0.1) is 17.8 Å². The van der Waals surface area contributed by atoms with Crippen molar-refractivity contribution in [3.63, 3.8) is 0 Å². The summed E-state index contributed by atoms with van der Waals surface area (Å²) in [6, 6.07) is 0. The second-order valence-electron chi connectivity index (χ2n) is 4.53. The van der Waals surface area contributed by atoms with E-state index < -0.39 is 0 Å². The number of aldehydes is 1. The van der Waals surface area contributed by atoms with Crippen molar-refractivity contribution in [2.24, 2.45) is 17.8 Å². The highest BCUT2D eigenvalue weighted by molar-refractivity contribution is 5.55. The van der Waals surface area contributed by atoms with Crippen molar-refractivity contribution in [1.82, 2.24) is 0 Å². The van der Waals surface area contributed by atoms with Gasteiger partial charge in [-0.3, -0.25) is 0 Å². The maximum absolute atomic E-state index is 10.4. The lowest BCUT2D eigenvalue weighted by molar-refractivity contribution is -0.115. The molecule has 0 N–H and O–H groups in total. The first-order chi connectivity index (χ1) is 5.90. The smallest absolute Gasteiger partial charge is 0.123 e. The second kappa shape index (κ2) is 3.59. The molecule has 0 aromatic heterocycles. The normalized spacial score (nSPS) is 37.3. The predicted octanol–water partition coefficient (Wildman–Crippen LogP) is 2.79. The Bertz CT molecular complexity index is 152. The van der Waals surface area contributed by atoms with Gasteiger partial charge in [-0.1, -0.05) is 32.1 Å². The average molecular weight is 166 g/mol. The number of carbonyl (C=O) groups is 1. The Morgan fingerprint density at radius 1 is 0.917 bits per heavy atom. The lowest BCUT2D eigenvalue weighted by Gasteiger charge is -2.39. The van der Waals surface area contributed by atoms with Crippen molar-refractivity contribution in [3.8, 4) is 0 Å². The first kappa shape index (κ1) is 8.28. The maximum Gasteiger partial charge on any atom is 0.123 e. The Labute approximate surface area is 74.5 Å². The third kappa shape index (κ3) is 1.55. The third-order valence-electron chi connectivity index (χ3n) is 3.72. The third-order valence-corrected chi connectivity index (χ3v) is 3.72. The van der Waals surface area contributed by atoms with Crippen LogP contribution in [0.25, 0.3) is 0 Å². The van der Waals surface area contributed by atoms with Gasteiger partial charge in [0.1, 0.15) is 6.29 Å². The molecule has 0 unspecified atom stereocenters. The largest absolute Gasteiger partial charge is 0.303 e. The number of carbonyl (C=O) groups excluding carboxylic acids is 1. The molecule has 0 spiro atoms. The van der Waals surface area contributed by atoms with E-state index >= 15 is 0 Å². The minimum atomic E-state index is 0.428. The van der Waals surface area contributed by atoms with E-state index in [0.29, 0.717) is 5.92 Å². The molecule has 0 aromatic rings. The van der Waals surface area contributed by atoms with Gasteiger partial charge in [-0.25, -0.2) is 0 Å². The molecular formula is C11H18O. The van der Waals surface area contributed by atoms with Gasteiger partial charge in [0.25, 0.3) is 0 Å². The molecule has 2 fully saturated rings. The zero-order chi connectivity index (χ0) is 8.39. The minimum Gasteiger partial charge on any atom is -0.303 e. The quantitative estimate of drug-likeness (QED) is 0.576. The number of hydrogen-bond acceptors (Lipinski definition) is 1. The molecule has 1 nitrogen and oxygen atoms in total. The van der Waals surface area contributed by atoms with Crippen LogP contribution in [-0.2, 0) is 4.79 Å². The fourth-order valence-electron chi connectivity index (χ4n) is 2.81. The van der Waals surface area contributed by atoms with Crippen LogP contribution in [0.3, 0.4) is 0 Å². The van der Waals surface area contributed by atoms with Crippen LogP contribution in [-0.4, -0.2) is 6.29 Å². The standard InChI is InChI=1S/C11H18O/c12-8-9-6-11(7-9)10-4-2-1-3-5-10/h8-11H,1-7H2. The summed E-state index contributed by atoms with van der Waals surface area (Å²) >= 11 is 0. The first-order valence-corrected chi connectivity index (χ1v) is 5.35. The van der Waals surface area contributed by atoms with E-state index in [9.17, 15) is 4.79 Å². The molecule has 12 heavy (non-hydrogen) atoms. The predicted molar refractivity (Wildman–Crippen MR) is 48.9 cm³/mol. The maximum atomic E-state index is 10.4. The van der Waals surface area contributed by atoms with E-state index in [1.165, 1.54) is 44.9 Å². The van der Waals surface area contributed by atoms with Crippen molar-refractivity contribution < 1.29 is 4.79 Å². The number of rotatable bonds is 2. The van der Waals surface area contributed by atoms with Gasteiger partial charge in [-0.15, -0.1) is 0 Å². The summed E-state index contributed by atoms with van der Waals surface area (Å²) < 4.78 is 0. The summed E-state index contributed by atoms with van der Waals surface area (Å²) in [4.78, 5) is 10.4. The SMILES string of the molecule is O=CC1CC(C2CCCCC2)C1. The fourth-order valence-corrected chi connectivity index (χ4v) is 2.81. The summed E-state index contributed by atoms with van der Waals surface area (Å²) in [6.07, 6.45) is 10.8. The van der Waals surface area contributed by atoms with E-state index in [-0.39, 0.29) is 0 Å². The Hall–Kier alpha value is -0.330. The van der Waals surface area contributed by atoms with Gasteiger partial charge in [0, 0.05) is 5.92 Å². The van der Waals surface area contributed by atoms with E-state index in [1.807, 2.05) is 0 Å². The second-order valence-corrected chi connectivity index (χ2v) is 4.53. The first-order valence-electron chi connectivity index (χ1n) is 5.35. The van der Waals surface area contributed by atoms with E-state index in [2.05, 4.69) is 0 Å². The van der Waals surface area contributed by atoms with Crippen LogP contribution in [0.5, 0.6) is 0 Å². The van der Waals surface area contributed by atoms with Gasteiger partial charge in [0.05, 0.1) is 0 Å². The molecule has 68 valence electrons. The lowest BCUT2D eigenvalue weighted by atomic mass is 9.65. The molecule has 0 aromatic carbocycles. The van der Waals surface area contributed by atoms with Crippen LogP contribution in [0.2, 0.25) is 0 Å². The van der Waals surface area contributed by atoms with Crippen molar-refractivity contribution in [1.29, 1.82) is 0 Å². The monoisotopic (exact) mass is 166 g/mol. The fraction of sp³-hybridized carbons (Fsp3) is 0.909. The van der Waals surface area contributed by atoms with Gasteiger partial charge >= 0.3 is 0 Å². The van der Waals surface area contributed by atoms with E-state index in [1.54, 1.807) is 0 Å². The minimum absolute atomic E-state index is 0.428. The van der Waals surface area contributed by atoms with Crippen LogP contribution in [0.1, 0.15) is 44.9 Å². The highest BCUT2D eigenvalue weighted by atomic mass is 16.1. The Kier molecular flexibility index (Phi) is 2.48. The summed E-state index contributed by atoms with van der Waals surface area (Å²) in [5.41, 5.74) is 0. The van der Waals surface area contributed by atoms with Gasteiger partial charge < -0.3 is 4.79 Å². The number of hydrogen-bond donors (Lipinski definition) is 0. The molecule has 0 aliphatic heterocycles. The Morgan fingerprint density at radius 3 is 2.17 bits per heavy atom. The molecule has 0 saturated heterocycles. The summed E-state index contributed by atoms with van der Waals surface area (Å²) in [7, 11) is 0. The molecule has 2 saturated carbocycles. The van der Waals surface area contributed by atoms with Crippen LogP contribution in [0.4, 0.5) is 0 Å². The molecule has 0 heterocycles. The van der Waals surface area contributed by atoms with Gasteiger partial charge in [0.15, 0.2) is 0 Å². The molecule has 0 radical (unpaired) electrons. The summed E-state index contributed by atoms with van der Waals surface area (Å²) in [5.74, 6) is 2.33. The van der Waals surface area contributed by atoms with Crippen molar-refractivity contribution in [2.45, 2.75) is 44.9 Å². The molecular weight excluding hydrogens is 148 g/mol. The molecule has 0 atom stereocenters. The van der Waals surface area contributed by atoms with Crippen molar-refractivity contribution in [2.75, 3.05) is 0 Å². The summed E-state index contributed by atoms with van der Waals surface area (Å²) in [6.45, 7) is 0. The molecule has 0 amide bonds. The molecule has 2 aliphatic carbocycles. The summed E-state index contributed by atoms with van der Waals surface area (Å²) in [5, 5.41) is 0. The Morgan fingerprint density at radius 2 is 1.58 bits per heavy atom. The molecule has 1 heteroatoms. The van der Waals surface area contributed by atoms with Crippen LogP contribution in [0.15, 0.2) is 0 Å².